The molecule has 4 atom stereocenters. The van der Waals surface area contributed by atoms with Crippen LogP contribution in [0.4, 0.5) is 0 Å². The lowest BCUT2D eigenvalue weighted by atomic mass is 9.58. The number of halogens is 1. The second-order valence-electron chi connectivity index (χ2n) is 12.9. The third-order valence-corrected chi connectivity index (χ3v) is 10.7. The van der Waals surface area contributed by atoms with Gasteiger partial charge >= 0.3 is 7.12 Å². The van der Waals surface area contributed by atoms with E-state index in [1.165, 1.54) is 5.56 Å². The SMILES string of the molecule is CC/C(=C\c1cc(Br)ccc1O)CC[C@H]1OB(O)C[C@H]2C1=C(CO)C[C@H]1C(=O)N(C3CCN(Cc4ccccc4)CC3)C(=O)[C@H]12. The van der Waals surface area contributed by atoms with Crippen LogP contribution in [0.1, 0.15) is 56.6 Å². The molecular weight excluding hydrogens is 635 g/mol. The minimum Gasteiger partial charge on any atom is -0.507 e. The van der Waals surface area contributed by atoms with Gasteiger partial charge in [-0.2, -0.15) is 0 Å². The minimum atomic E-state index is -1.05. The number of allylic oxidation sites excluding steroid dienone is 1. The summed E-state index contributed by atoms with van der Waals surface area (Å²) < 4.78 is 6.95. The van der Waals surface area contributed by atoms with Gasteiger partial charge < -0.3 is 19.9 Å². The zero-order valence-electron chi connectivity index (χ0n) is 25.8. The number of fused-ring (bicyclic) bond motifs is 3. The molecule has 2 amide bonds. The smallest absolute Gasteiger partial charge is 0.455 e. The molecule has 45 heavy (non-hydrogen) atoms. The van der Waals surface area contributed by atoms with Crippen LogP contribution in [0.15, 0.2) is 69.7 Å². The van der Waals surface area contributed by atoms with Crippen molar-refractivity contribution in [2.75, 3.05) is 19.7 Å². The summed E-state index contributed by atoms with van der Waals surface area (Å²) in [5, 5.41) is 31.7. The number of amides is 2. The zero-order chi connectivity index (χ0) is 31.7. The highest BCUT2D eigenvalue weighted by molar-refractivity contribution is 9.10. The number of benzene rings is 2. The van der Waals surface area contributed by atoms with Crippen molar-refractivity contribution >= 4 is 40.9 Å². The Morgan fingerprint density at radius 3 is 2.56 bits per heavy atom. The molecule has 3 heterocycles. The molecule has 1 aliphatic carbocycles. The summed E-state index contributed by atoms with van der Waals surface area (Å²) in [4.78, 5) is 31.9. The number of hydrogen-bond acceptors (Lipinski definition) is 7. The van der Waals surface area contributed by atoms with Gasteiger partial charge in [0.2, 0.25) is 11.8 Å². The number of likely N-dealkylation sites (tertiary alicyclic amines) is 2. The van der Waals surface area contributed by atoms with Gasteiger partial charge in [0.1, 0.15) is 5.75 Å². The van der Waals surface area contributed by atoms with Gasteiger partial charge in [0.05, 0.1) is 24.5 Å². The van der Waals surface area contributed by atoms with Gasteiger partial charge in [0.15, 0.2) is 0 Å². The van der Waals surface area contributed by atoms with Crippen LogP contribution in [-0.4, -0.2) is 75.8 Å². The third kappa shape index (κ3) is 6.72. The molecule has 10 heteroatoms. The first-order valence-electron chi connectivity index (χ1n) is 16.2. The lowest BCUT2D eigenvalue weighted by Gasteiger charge is -2.43. The Bertz CT molecular complexity index is 1470. The number of carbonyl (C=O) groups is 2. The van der Waals surface area contributed by atoms with E-state index in [0.29, 0.717) is 19.3 Å². The fourth-order valence-electron chi connectivity index (χ4n) is 8.00. The van der Waals surface area contributed by atoms with Gasteiger partial charge in [-0.1, -0.05) is 64.8 Å². The molecule has 3 saturated heterocycles. The van der Waals surface area contributed by atoms with E-state index >= 15 is 0 Å². The van der Waals surface area contributed by atoms with E-state index in [1.807, 2.05) is 30.3 Å². The van der Waals surface area contributed by atoms with E-state index in [4.69, 9.17) is 4.65 Å². The Labute approximate surface area is 274 Å². The molecule has 0 radical (unpaired) electrons. The summed E-state index contributed by atoms with van der Waals surface area (Å²) in [7, 11) is -1.05. The highest BCUT2D eigenvalue weighted by atomic mass is 79.9. The molecule has 2 aromatic carbocycles. The lowest BCUT2D eigenvalue weighted by Crippen LogP contribution is -2.48. The van der Waals surface area contributed by atoms with Crippen molar-refractivity contribution in [2.24, 2.45) is 17.8 Å². The van der Waals surface area contributed by atoms with Crippen LogP contribution >= 0.6 is 15.9 Å². The van der Waals surface area contributed by atoms with Crippen molar-refractivity contribution in [2.45, 2.75) is 70.5 Å². The maximum absolute atomic E-state index is 14.1. The van der Waals surface area contributed by atoms with Crippen LogP contribution < -0.4 is 0 Å². The highest BCUT2D eigenvalue weighted by Crippen LogP contribution is 2.51. The standard InChI is InChI=1S/C35H42BBrN2O6/c1-2-22(16-24-17-26(37)9-10-30(24)41)8-11-31-32-25(21-40)18-28-33(29(32)19-36(44)45-31)35(43)39(34(28)42)27-12-14-38(15-13-27)20-23-6-4-3-5-7-23/h3-7,9-10,16-17,27-29,31,33,40-41,44H,2,8,11-15,18-21H2,1H3/b22-16+/t28-,29+,31-,33-/m1/s1. The number of rotatable bonds is 9. The summed E-state index contributed by atoms with van der Waals surface area (Å²) in [6.45, 7) is 4.36. The first kappa shape index (κ1) is 32.2. The average Bonchev–Trinajstić information content (AvgIpc) is 3.30. The summed E-state index contributed by atoms with van der Waals surface area (Å²) >= 11 is 3.47. The number of hydrogen-bond donors (Lipinski definition) is 3. The number of imide groups is 1. The Kier molecular flexibility index (Phi) is 9.97. The molecule has 8 nitrogen and oxygen atoms in total. The molecule has 238 valence electrons. The fourth-order valence-corrected chi connectivity index (χ4v) is 8.38. The number of aliphatic hydroxyl groups is 1. The van der Waals surface area contributed by atoms with Crippen molar-refractivity contribution in [3.63, 3.8) is 0 Å². The Balaban J connectivity index is 1.17. The van der Waals surface area contributed by atoms with E-state index in [2.05, 4.69) is 39.9 Å². The predicted molar refractivity (Wildman–Crippen MR) is 177 cm³/mol. The normalized spacial score (nSPS) is 26.4. The Hall–Kier alpha value is -2.76. The average molecular weight is 677 g/mol. The maximum atomic E-state index is 14.1. The van der Waals surface area contributed by atoms with Crippen molar-refractivity contribution in [1.82, 2.24) is 9.80 Å². The number of carbonyl (C=O) groups excluding carboxylic acids is 2. The van der Waals surface area contributed by atoms with E-state index in [9.17, 15) is 24.8 Å². The molecule has 3 aliphatic heterocycles. The molecule has 3 fully saturated rings. The van der Waals surface area contributed by atoms with Crippen molar-refractivity contribution in [3.8, 4) is 5.75 Å². The van der Waals surface area contributed by atoms with Crippen LogP contribution in [0.25, 0.3) is 6.08 Å². The molecule has 6 rings (SSSR count). The van der Waals surface area contributed by atoms with E-state index in [-0.39, 0.29) is 42.5 Å². The summed E-state index contributed by atoms with van der Waals surface area (Å²) in [5.74, 6) is -1.44. The number of aliphatic hydroxyl groups excluding tert-OH is 1. The van der Waals surface area contributed by atoms with E-state index < -0.39 is 25.1 Å². The predicted octanol–water partition coefficient (Wildman–Crippen LogP) is 5.18. The summed E-state index contributed by atoms with van der Waals surface area (Å²) in [6.07, 6.45) is 5.58. The molecular formula is C35H42BBrN2O6. The number of nitrogens with zero attached hydrogens (tertiary/aromatic N) is 2. The van der Waals surface area contributed by atoms with Gasteiger partial charge in [0, 0.05) is 35.7 Å². The van der Waals surface area contributed by atoms with Gasteiger partial charge in [-0.15, -0.1) is 0 Å². The van der Waals surface area contributed by atoms with Crippen molar-refractivity contribution in [1.29, 1.82) is 0 Å². The van der Waals surface area contributed by atoms with Crippen LogP contribution in [0.3, 0.4) is 0 Å². The van der Waals surface area contributed by atoms with Crippen molar-refractivity contribution < 1.29 is 29.5 Å². The van der Waals surface area contributed by atoms with E-state index in [1.54, 1.807) is 17.0 Å². The lowest BCUT2D eigenvalue weighted by molar-refractivity contribution is -0.144. The van der Waals surface area contributed by atoms with Gasteiger partial charge in [-0.25, -0.2) is 0 Å². The first-order valence-corrected chi connectivity index (χ1v) is 17.0. The monoisotopic (exact) mass is 676 g/mol. The zero-order valence-corrected chi connectivity index (χ0v) is 27.4. The Morgan fingerprint density at radius 2 is 1.84 bits per heavy atom. The third-order valence-electron chi connectivity index (χ3n) is 10.2. The molecule has 4 aliphatic rings. The fraction of sp³-hybridized carbons (Fsp3) is 0.486. The second kappa shape index (κ2) is 13.9. The second-order valence-corrected chi connectivity index (χ2v) is 13.8. The molecule has 0 saturated carbocycles. The highest BCUT2D eigenvalue weighted by Gasteiger charge is 2.58. The summed E-state index contributed by atoms with van der Waals surface area (Å²) in [6, 6.07) is 15.5. The largest absolute Gasteiger partial charge is 0.507 e. The quantitative estimate of drug-likeness (QED) is 0.191. The first-order chi connectivity index (χ1) is 21.8. The molecule has 0 aromatic heterocycles. The summed E-state index contributed by atoms with van der Waals surface area (Å²) in [5.41, 5.74) is 4.75. The number of phenolic OH excluding ortho intramolecular Hbond substituents is 1. The van der Waals surface area contributed by atoms with Crippen LogP contribution in [-0.2, 0) is 20.8 Å². The van der Waals surface area contributed by atoms with Crippen LogP contribution in [0.2, 0.25) is 6.32 Å². The van der Waals surface area contributed by atoms with Crippen LogP contribution in [0.5, 0.6) is 5.75 Å². The minimum absolute atomic E-state index is 0.126. The Morgan fingerprint density at radius 1 is 1.09 bits per heavy atom. The van der Waals surface area contributed by atoms with E-state index in [0.717, 1.165) is 65.7 Å². The number of piperidine rings is 1. The molecule has 0 unspecified atom stereocenters. The topological polar surface area (TPSA) is 111 Å². The van der Waals surface area contributed by atoms with Gasteiger partial charge in [0.25, 0.3) is 0 Å². The number of phenols is 1. The van der Waals surface area contributed by atoms with Crippen LogP contribution in [0, 0.1) is 17.8 Å². The molecule has 2 aromatic rings. The molecule has 0 bridgehead atoms. The van der Waals surface area contributed by atoms with Crippen molar-refractivity contribution in [3.05, 3.63) is 80.8 Å². The number of aromatic hydroxyl groups is 1. The molecule has 3 N–H and O–H groups in total. The van der Waals surface area contributed by atoms with Gasteiger partial charge in [-0.3, -0.25) is 19.4 Å². The van der Waals surface area contributed by atoms with Gasteiger partial charge in [-0.05, 0) is 85.7 Å². The molecule has 0 spiro atoms. The maximum Gasteiger partial charge on any atom is 0.455 e.